The summed E-state index contributed by atoms with van der Waals surface area (Å²) in [6.07, 6.45) is 9.76. The first kappa shape index (κ1) is 20.5. The largest absolute Gasteiger partial charge is 0.328 e. The van der Waals surface area contributed by atoms with Gasteiger partial charge in [-0.15, -0.1) is 24.8 Å². The van der Waals surface area contributed by atoms with Gasteiger partial charge in [0.2, 0.25) is 0 Å². The molecular weight excluding hydrogens is 327 g/mol. The van der Waals surface area contributed by atoms with Crippen molar-refractivity contribution >= 4 is 30.9 Å². The van der Waals surface area contributed by atoms with Crippen LogP contribution in [0.3, 0.4) is 0 Å². The number of benzene rings is 1. The van der Waals surface area contributed by atoms with Crippen LogP contribution in [-0.2, 0) is 0 Å². The van der Waals surface area contributed by atoms with Gasteiger partial charge in [0.25, 0.3) is 0 Å². The van der Waals surface area contributed by atoms with E-state index in [1.165, 1.54) is 37.7 Å². The summed E-state index contributed by atoms with van der Waals surface area (Å²) in [5.74, 6) is 0.755. The number of rotatable bonds is 5. The molecule has 0 aromatic heterocycles. The monoisotopic (exact) mass is 356 g/mol. The van der Waals surface area contributed by atoms with Crippen molar-refractivity contribution in [3.05, 3.63) is 41.5 Å². The molecule has 2 fully saturated rings. The van der Waals surface area contributed by atoms with Crippen LogP contribution in [-0.4, -0.2) is 18.1 Å². The summed E-state index contributed by atoms with van der Waals surface area (Å²) in [5, 5.41) is 3.87. The van der Waals surface area contributed by atoms with Gasteiger partial charge in [-0.05, 0) is 50.0 Å². The van der Waals surface area contributed by atoms with Gasteiger partial charge in [-0.3, -0.25) is 0 Å². The van der Waals surface area contributed by atoms with Crippen molar-refractivity contribution in [2.45, 2.75) is 63.6 Å². The van der Waals surface area contributed by atoms with Gasteiger partial charge in [0.15, 0.2) is 0 Å². The summed E-state index contributed by atoms with van der Waals surface area (Å²) >= 11 is 0. The average Bonchev–Trinajstić information content (AvgIpc) is 3.27. The molecule has 0 heterocycles. The van der Waals surface area contributed by atoms with E-state index in [9.17, 15) is 0 Å². The lowest BCUT2D eigenvalue weighted by Crippen LogP contribution is -2.38. The molecule has 2 saturated carbocycles. The maximum absolute atomic E-state index is 5.99. The molecule has 1 aromatic carbocycles. The van der Waals surface area contributed by atoms with Crippen LogP contribution in [0.25, 0.3) is 6.08 Å². The SMILES string of the molecule is CC/C(=C\c1ccccc1)C1CC1N[C@H]1CC[C@@H](N)CC1.Cl.Cl. The Morgan fingerprint density at radius 3 is 2.39 bits per heavy atom. The number of halogens is 2. The average molecular weight is 357 g/mol. The van der Waals surface area contributed by atoms with E-state index in [4.69, 9.17) is 5.73 Å². The predicted molar refractivity (Wildman–Crippen MR) is 104 cm³/mol. The lowest BCUT2D eigenvalue weighted by atomic mass is 9.91. The van der Waals surface area contributed by atoms with Crippen molar-refractivity contribution in [1.82, 2.24) is 5.32 Å². The Hall–Kier alpha value is -0.540. The van der Waals surface area contributed by atoms with E-state index in [-0.39, 0.29) is 24.8 Å². The maximum atomic E-state index is 5.99. The molecule has 0 radical (unpaired) electrons. The number of hydrogen-bond donors (Lipinski definition) is 2. The molecule has 0 aliphatic heterocycles. The molecule has 3 N–H and O–H groups in total. The second-order valence-corrected chi connectivity index (χ2v) is 6.71. The lowest BCUT2D eigenvalue weighted by Gasteiger charge is -2.27. The first-order chi connectivity index (χ1) is 10.3. The Bertz CT molecular complexity index is 481. The van der Waals surface area contributed by atoms with Gasteiger partial charge >= 0.3 is 0 Å². The molecule has 2 aliphatic carbocycles. The van der Waals surface area contributed by atoms with Gasteiger partial charge in [0, 0.05) is 18.1 Å². The minimum Gasteiger partial charge on any atom is -0.328 e. The van der Waals surface area contributed by atoms with Gasteiger partial charge in [0.05, 0.1) is 0 Å². The third kappa shape index (κ3) is 5.79. The van der Waals surface area contributed by atoms with E-state index >= 15 is 0 Å². The Morgan fingerprint density at radius 2 is 1.78 bits per heavy atom. The van der Waals surface area contributed by atoms with Crippen molar-refractivity contribution in [3.8, 4) is 0 Å². The second-order valence-electron chi connectivity index (χ2n) is 6.71. The number of hydrogen-bond acceptors (Lipinski definition) is 2. The molecule has 0 spiro atoms. The fourth-order valence-electron chi connectivity index (χ4n) is 3.61. The van der Waals surface area contributed by atoms with Crippen molar-refractivity contribution in [2.24, 2.45) is 11.7 Å². The topological polar surface area (TPSA) is 38.0 Å². The first-order valence-electron chi connectivity index (χ1n) is 8.53. The fraction of sp³-hybridized carbons (Fsp3) is 0.579. The van der Waals surface area contributed by atoms with E-state index in [1.807, 2.05) is 0 Å². The summed E-state index contributed by atoms with van der Waals surface area (Å²) in [6, 6.07) is 12.6. The second kappa shape index (κ2) is 9.68. The molecule has 2 aliphatic rings. The molecule has 0 saturated heterocycles. The fourth-order valence-corrected chi connectivity index (χ4v) is 3.61. The molecule has 1 aromatic rings. The zero-order chi connectivity index (χ0) is 14.7. The quantitative estimate of drug-likeness (QED) is 0.810. The van der Waals surface area contributed by atoms with Crippen LogP contribution < -0.4 is 11.1 Å². The molecule has 2 nitrogen and oxygen atoms in total. The third-order valence-electron chi connectivity index (χ3n) is 5.05. The zero-order valence-corrected chi connectivity index (χ0v) is 15.5. The number of nitrogens with two attached hydrogens (primary N) is 1. The van der Waals surface area contributed by atoms with Crippen LogP contribution in [0, 0.1) is 5.92 Å². The first-order valence-corrected chi connectivity index (χ1v) is 8.53. The zero-order valence-electron chi connectivity index (χ0n) is 13.9. The van der Waals surface area contributed by atoms with E-state index in [0.717, 1.165) is 12.3 Å². The summed E-state index contributed by atoms with van der Waals surface area (Å²) in [5.41, 5.74) is 8.93. The van der Waals surface area contributed by atoms with E-state index in [0.29, 0.717) is 18.1 Å². The summed E-state index contributed by atoms with van der Waals surface area (Å²) < 4.78 is 0. The highest BCUT2D eigenvalue weighted by Gasteiger charge is 2.40. The van der Waals surface area contributed by atoms with Crippen molar-refractivity contribution in [2.75, 3.05) is 0 Å². The van der Waals surface area contributed by atoms with E-state index in [2.05, 4.69) is 48.6 Å². The van der Waals surface area contributed by atoms with Gasteiger partial charge in [0.1, 0.15) is 0 Å². The minimum atomic E-state index is 0. The molecule has 23 heavy (non-hydrogen) atoms. The van der Waals surface area contributed by atoms with E-state index in [1.54, 1.807) is 5.57 Å². The van der Waals surface area contributed by atoms with Crippen LogP contribution in [0.1, 0.15) is 51.0 Å². The summed E-state index contributed by atoms with van der Waals surface area (Å²) in [4.78, 5) is 0. The molecule has 4 heteroatoms. The van der Waals surface area contributed by atoms with Crippen LogP contribution >= 0.6 is 24.8 Å². The van der Waals surface area contributed by atoms with Crippen molar-refractivity contribution < 1.29 is 0 Å². The lowest BCUT2D eigenvalue weighted by molar-refractivity contribution is 0.338. The van der Waals surface area contributed by atoms with Gasteiger partial charge in [-0.2, -0.15) is 0 Å². The van der Waals surface area contributed by atoms with Crippen LogP contribution in [0.4, 0.5) is 0 Å². The molecule has 2 unspecified atom stereocenters. The Morgan fingerprint density at radius 1 is 1.13 bits per heavy atom. The maximum Gasteiger partial charge on any atom is 0.0142 e. The van der Waals surface area contributed by atoms with Crippen LogP contribution in [0.15, 0.2) is 35.9 Å². The van der Waals surface area contributed by atoms with Crippen molar-refractivity contribution in [3.63, 3.8) is 0 Å². The highest BCUT2D eigenvalue weighted by atomic mass is 35.5. The summed E-state index contributed by atoms with van der Waals surface area (Å²) in [7, 11) is 0. The predicted octanol–water partition coefficient (Wildman–Crippen LogP) is 4.57. The van der Waals surface area contributed by atoms with E-state index < -0.39 is 0 Å². The highest BCUT2D eigenvalue weighted by molar-refractivity contribution is 5.85. The smallest absolute Gasteiger partial charge is 0.0142 e. The van der Waals surface area contributed by atoms with Gasteiger partial charge in [-0.1, -0.05) is 48.9 Å². The minimum absolute atomic E-state index is 0. The van der Waals surface area contributed by atoms with Crippen molar-refractivity contribution in [1.29, 1.82) is 0 Å². The normalized spacial score (nSPS) is 30.1. The van der Waals surface area contributed by atoms with Crippen LogP contribution in [0.5, 0.6) is 0 Å². The number of nitrogens with one attached hydrogen (secondary N) is 1. The van der Waals surface area contributed by atoms with Gasteiger partial charge in [-0.25, -0.2) is 0 Å². The highest BCUT2D eigenvalue weighted by Crippen LogP contribution is 2.40. The molecule has 0 bridgehead atoms. The van der Waals surface area contributed by atoms with Gasteiger partial charge < -0.3 is 11.1 Å². The standard InChI is InChI=1S/C19H28N2.2ClH/c1-2-15(12-14-6-4-3-5-7-14)18-13-19(18)21-17-10-8-16(20)9-11-17;;/h3-7,12,16-19,21H,2,8-11,13,20H2,1H3;2*1H/b15-12+;;/t16-,17+,18?,19?;;. The molecule has 3 rings (SSSR count). The van der Waals surface area contributed by atoms with Crippen LogP contribution in [0.2, 0.25) is 0 Å². The Kier molecular flexibility index (Phi) is 8.63. The molecular formula is C19H30Cl2N2. The third-order valence-corrected chi connectivity index (χ3v) is 5.05. The molecule has 130 valence electrons. The summed E-state index contributed by atoms with van der Waals surface area (Å²) in [6.45, 7) is 2.28. The molecule has 2 atom stereocenters. The Labute approximate surface area is 153 Å². The molecule has 0 amide bonds. The Balaban J connectivity index is 0.00000132.